The Bertz CT molecular complexity index is 987. The topological polar surface area (TPSA) is 105 Å². The summed E-state index contributed by atoms with van der Waals surface area (Å²) in [6, 6.07) is 0. The molecule has 8 heteroatoms. The molecule has 0 radical (unpaired) electrons. The summed E-state index contributed by atoms with van der Waals surface area (Å²) in [5.74, 6) is -2.14. The molecule has 3 rings (SSSR count). The lowest BCUT2D eigenvalue weighted by atomic mass is 9.58. The highest BCUT2D eigenvalue weighted by atomic mass is 16.6. The molecule has 0 saturated carbocycles. The van der Waals surface area contributed by atoms with E-state index in [2.05, 4.69) is 0 Å². The van der Waals surface area contributed by atoms with E-state index < -0.39 is 47.7 Å². The van der Waals surface area contributed by atoms with Crippen LogP contribution in [0, 0.1) is 11.3 Å². The third kappa shape index (κ3) is 4.95. The van der Waals surface area contributed by atoms with Crippen LogP contribution in [-0.2, 0) is 38.1 Å². The van der Waals surface area contributed by atoms with Crippen molar-refractivity contribution in [2.45, 2.75) is 92.1 Å². The van der Waals surface area contributed by atoms with Gasteiger partial charge in [-0.3, -0.25) is 14.4 Å². The molecule has 0 spiro atoms. The molecule has 6 atom stereocenters. The highest BCUT2D eigenvalue weighted by Crippen LogP contribution is 2.52. The molecule has 3 aliphatic rings. The number of esters is 4. The Kier molecular flexibility index (Phi) is 7.38. The third-order valence-corrected chi connectivity index (χ3v) is 7.27. The summed E-state index contributed by atoms with van der Waals surface area (Å²) in [4.78, 5) is 49.0. The summed E-state index contributed by atoms with van der Waals surface area (Å²) in [6.45, 7) is 11.5. The number of hydrogen-bond acceptors (Lipinski definition) is 8. The van der Waals surface area contributed by atoms with Crippen molar-refractivity contribution in [3.8, 4) is 0 Å². The molecule has 1 heterocycles. The van der Waals surface area contributed by atoms with Gasteiger partial charge in [-0.15, -0.1) is 0 Å². The van der Waals surface area contributed by atoms with Crippen molar-refractivity contribution >= 4 is 23.9 Å². The Morgan fingerprint density at radius 1 is 0.971 bits per heavy atom. The first-order chi connectivity index (χ1) is 15.8. The molecule has 186 valence electrons. The van der Waals surface area contributed by atoms with Crippen LogP contribution < -0.4 is 0 Å². The molecule has 34 heavy (non-hydrogen) atoms. The van der Waals surface area contributed by atoms with Crippen LogP contribution in [0.1, 0.15) is 67.7 Å². The average Bonchev–Trinajstić information content (AvgIpc) is 2.96. The Morgan fingerprint density at radius 2 is 1.59 bits per heavy atom. The molecule has 0 aromatic heterocycles. The zero-order valence-corrected chi connectivity index (χ0v) is 20.9. The Balaban J connectivity index is 2.28. The van der Waals surface area contributed by atoms with Crippen LogP contribution in [-0.4, -0.2) is 48.3 Å². The summed E-state index contributed by atoms with van der Waals surface area (Å²) < 4.78 is 23.1. The number of allylic oxidation sites excluding steroid dienone is 1. The molecular formula is C26H34O8. The van der Waals surface area contributed by atoms with E-state index in [0.29, 0.717) is 18.4 Å². The summed E-state index contributed by atoms with van der Waals surface area (Å²) in [5, 5.41) is 0. The highest BCUT2D eigenvalue weighted by molar-refractivity contribution is 5.92. The molecule has 0 aromatic rings. The molecule has 8 nitrogen and oxygen atoms in total. The van der Waals surface area contributed by atoms with E-state index in [9.17, 15) is 19.2 Å². The van der Waals surface area contributed by atoms with Crippen LogP contribution in [0.4, 0.5) is 0 Å². The van der Waals surface area contributed by atoms with Crippen LogP contribution in [0.2, 0.25) is 0 Å². The molecular weight excluding hydrogens is 440 g/mol. The molecule has 0 unspecified atom stereocenters. The minimum atomic E-state index is -0.947. The van der Waals surface area contributed by atoms with Crippen molar-refractivity contribution in [1.82, 2.24) is 0 Å². The molecule has 0 amide bonds. The van der Waals surface area contributed by atoms with Gasteiger partial charge < -0.3 is 18.9 Å². The Labute approximate surface area is 200 Å². The van der Waals surface area contributed by atoms with E-state index in [0.717, 1.165) is 16.7 Å². The summed E-state index contributed by atoms with van der Waals surface area (Å²) in [6.07, 6.45) is 2.12. The zero-order chi connectivity index (χ0) is 25.4. The van der Waals surface area contributed by atoms with Crippen LogP contribution in [0.3, 0.4) is 0 Å². The zero-order valence-electron chi connectivity index (χ0n) is 20.9. The van der Waals surface area contributed by atoms with Gasteiger partial charge in [0.15, 0.2) is 0 Å². The maximum atomic E-state index is 12.5. The predicted molar refractivity (Wildman–Crippen MR) is 122 cm³/mol. The van der Waals surface area contributed by atoms with Crippen molar-refractivity contribution in [1.29, 1.82) is 0 Å². The minimum Gasteiger partial charge on any atom is -0.461 e. The van der Waals surface area contributed by atoms with E-state index in [1.54, 1.807) is 6.92 Å². The van der Waals surface area contributed by atoms with E-state index in [1.165, 1.54) is 20.8 Å². The van der Waals surface area contributed by atoms with Gasteiger partial charge in [0.25, 0.3) is 0 Å². The number of rotatable bonds is 3. The second-order valence-electron chi connectivity index (χ2n) is 9.78. The number of fused-ring (bicyclic) bond motifs is 2. The molecule has 0 saturated heterocycles. The van der Waals surface area contributed by atoms with Gasteiger partial charge >= 0.3 is 23.9 Å². The van der Waals surface area contributed by atoms with Crippen molar-refractivity contribution in [2.75, 3.05) is 0 Å². The maximum Gasteiger partial charge on any atom is 0.334 e. The summed E-state index contributed by atoms with van der Waals surface area (Å²) in [7, 11) is 0. The molecule has 1 aliphatic heterocycles. The van der Waals surface area contributed by atoms with Gasteiger partial charge in [0.05, 0.1) is 5.41 Å². The molecule has 0 bridgehead atoms. The lowest BCUT2D eigenvalue weighted by Crippen LogP contribution is -2.58. The van der Waals surface area contributed by atoms with Gasteiger partial charge in [-0.2, -0.15) is 0 Å². The number of hydrogen-bond donors (Lipinski definition) is 0. The summed E-state index contributed by atoms with van der Waals surface area (Å²) in [5.41, 5.74) is 2.30. The highest BCUT2D eigenvalue weighted by Gasteiger charge is 2.57. The fourth-order valence-electron chi connectivity index (χ4n) is 5.63. The monoisotopic (exact) mass is 474 g/mol. The van der Waals surface area contributed by atoms with Crippen molar-refractivity contribution in [2.24, 2.45) is 11.3 Å². The van der Waals surface area contributed by atoms with Gasteiger partial charge in [0.1, 0.15) is 24.4 Å². The number of carbonyl (C=O) groups is 4. The first-order valence-corrected chi connectivity index (χ1v) is 11.6. The van der Waals surface area contributed by atoms with E-state index in [-0.39, 0.29) is 18.3 Å². The minimum absolute atomic E-state index is 0.260. The van der Waals surface area contributed by atoms with Gasteiger partial charge in [0, 0.05) is 39.2 Å². The van der Waals surface area contributed by atoms with Gasteiger partial charge in [-0.25, -0.2) is 4.79 Å². The molecule has 0 N–H and O–H groups in total. The van der Waals surface area contributed by atoms with E-state index in [4.69, 9.17) is 18.9 Å². The quantitative estimate of drug-likeness (QED) is 0.346. The molecule has 0 fully saturated rings. The average molecular weight is 475 g/mol. The first kappa shape index (κ1) is 25.7. The van der Waals surface area contributed by atoms with Crippen LogP contribution in [0.5, 0.6) is 0 Å². The second-order valence-corrected chi connectivity index (χ2v) is 9.78. The standard InChI is InChI=1S/C26H34O8/c1-13-10-21-19(15(3)25(30)34-21)12-20-14(2)8-9-23(32-17(5)28)26(20,7)24(33-18(6)29)22(11-13)31-16(4)27/h8,10,20-24H,9,11-12H2,1-7H3/b13-10-/t20-,21-,22+,23-,24+,26+/m0/s1. The largest absolute Gasteiger partial charge is 0.461 e. The second kappa shape index (κ2) is 9.76. The number of ether oxygens (including phenoxy) is 4. The third-order valence-electron chi connectivity index (χ3n) is 7.27. The molecule has 2 aliphatic carbocycles. The fraction of sp³-hybridized carbons (Fsp3) is 0.615. The maximum absolute atomic E-state index is 12.5. The molecule has 0 aromatic carbocycles. The Hall–Kier alpha value is -2.90. The smallest absolute Gasteiger partial charge is 0.334 e. The lowest BCUT2D eigenvalue weighted by molar-refractivity contribution is -0.200. The lowest BCUT2D eigenvalue weighted by Gasteiger charge is -2.51. The van der Waals surface area contributed by atoms with Crippen molar-refractivity contribution in [3.05, 3.63) is 34.4 Å². The van der Waals surface area contributed by atoms with E-state index >= 15 is 0 Å². The van der Waals surface area contributed by atoms with Gasteiger partial charge in [-0.1, -0.05) is 24.1 Å². The van der Waals surface area contributed by atoms with Crippen LogP contribution in [0.25, 0.3) is 0 Å². The number of carbonyl (C=O) groups excluding carboxylic acids is 4. The van der Waals surface area contributed by atoms with Crippen LogP contribution in [0.15, 0.2) is 34.4 Å². The normalized spacial score (nSPS) is 35.0. The van der Waals surface area contributed by atoms with Gasteiger partial charge in [-0.05, 0) is 44.8 Å². The first-order valence-electron chi connectivity index (χ1n) is 11.6. The van der Waals surface area contributed by atoms with Gasteiger partial charge in [0.2, 0.25) is 0 Å². The van der Waals surface area contributed by atoms with Crippen LogP contribution >= 0.6 is 0 Å². The van der Waals surface area contributed by atoms with Crippen molar-refractivity contribution < 1.29 is 38.1 Å². The summed E-state index contributed by atoms with van der Waals surface area (Å²) >= 11 is 0. The predicted octanol–water partition coefficient (Wildman–Crippen LogP) is 3.74. The van der Waals surface area contributed by atoms with Crippen molar-refractivity contribution in [3.63, 3.8) is 0 Å². The SMILES string of the molecule is CC(=O)O[C@H]1CC=C(C)[C@@H]2CC3=C(C)C(=O)O[C@H]3/C=C(/C)C[C@@H](OC(C)=O)[C@@H](OC(C)=O)[C@@]12C. The van der Waals surface area contributed by atoms with E-state index in [1.807, 2.05) is 32.9 Å². The fourth-order valence-corrected chi connectivity index (χ4v) is 5.63. The Morgan fingerprint density at radius 3 is 2.18 bits per heavy atom.